The van der Waals surface area contributed by atoms with E-state index in [4.69, 9.17) is 0 Å². The summed E-state index contributed by atoms with van der Waals surface area (Å²) in [5, 5.41) is 19.3. The summed E-state index contributed by atoms with van der Waals surface area (Å²) in [5.74, 6) is 0.274. The Balaban J connectivity index is 2.06. The molecule has 7 heteroatoms. The molecule has 0 aliphatic heterocycles. The van der Waals surface area contributed by atoms with Gasteiger partial charge in [0.2, 0.25) is 0 Å². The molecule has 0 saturated carbocycles. The van der Waals surface area contributed by atoms with E-state index in [0.29, 0.717) is 11.4 Å². The molecule has 1 amide bonds. The average molecular weight is 260 g/mol. The largest absolute Gasteiger partial charge is 0.382 e. The van der Waals surface area contributed by atoms with Crippen molar-refractivity contribution in [3.05, 3.63) is 35.7 Å². The van der Waals surface area contributed by atoms with Crippen molar-refractivity contribution in [1.82, 2.24) is 25.9 Å². The van der Waals surface area contributed by atoms with E-state index in [1.54, 1.807) is 6.07 Å². The van der Waals surface area contributed by atoms with Gasteiger partial charge in [-0.3, -0.25) is 4.79 Å². The van der Waals surface area contributed by atoms with Gasteiger partial charge in [0, 0.05) is 11.7 Å². The lowest BCUT2D eigenvalue weighted by molar-refractivity contribution is 0.0950. The summed E-state index contributed by atoms with van der Waals surface area (Å²) in [6.45, 7) is 4.29. The Hall–Kier alpha value is -2.44. The molecule has 100 valence electrons. The van der Waals surface area contributed by atoms with E-state index < -0.39 is 0 Å². The number of para-hydroxylation sites is 1. The number of nitrogens with zero attached hydrogens (tertiary/aromatic N) is 3. The Morgan fingerprint density at radius 3 is 2.84 bits per heavy atom. The molecular formula is C12H16N6O. The van der Waals surface area contributed by atoms with Crippen LogP contribution >= 0.6 is 0 Å². The third-order valence-corrected chi connectivity index (χ3v) is 2.41. The normalized spacial score (nSPS) is 10.5. The molecule has 0 aliphatic rings. The third-order valence-electron chi connectivity index (χ3n) is 2.41. The number of rotatable bonds is 5. The molecule has 0 saturated heterocycles. The fourth-order valence-electron chi connectivity index (χ4n) is 1.63. The van der Waals surface area contributed by atoms with Crippen LogP contribution in [0.3, 0.4) is 0 Å². The number of carbonyl (C=O) groups excluding carboxylic acids is 1. The van der Waals surface area contributed by atoms with Crippen molar-refractivity contribution in [3.8, 4) is 0 Å². The summed E-state index contributed by atoms with van der Waals surface area (Å²) in [7, 11) is 0. The fourth-order valence-corrected chi connectivity index (χ4v) is 1.63. The number of anilines is 1. The predicted molar refractivity (Wildman–Crippen MR) is 70.5 cm³/mol. The minimum Gasteiger partial charge on any atom is -0.382 e. The number of benzene rings is 1. The van der Waals surface area contributed by atoms with Crippen molar-refractivity contribution in [3.63, 3.8) is 0 Å². The monoisotopic (exact) mass is 260 g/mol. The molecule has 0 radical (unpaired) electrons. The number of amides is 1. The zero-order valence-electron chi connectivity index (χ0n) is 10.8. The molecule has 0 aliphatic carbocycles. The van der Waals surface area contributed by atoms with E-state index in [0.717, 1.165) is 5.69 Å². The van der Waals surface area contributed by atoms with E-state index in [9.17, 15) is 4.79 Å². The van der Waals surface area contributed by atoms with Crippen molar-refractivity contribution >= 4 is 11.6 Å². The van der Waals surface area contributed by atoms with Gasteiger partial charge in [0.15, 0.2) is 5.82 Å². The van der Waals surface area contributed by atoms with Crippen LogP contribution in [0.15, 0.2) is 24.3 Å². The SMILES string of the molecule is CC(C)Nc1ccccc1C(=O)NCc1nn[nH]n1. The molecular weight excluding hydrogens is 244 g/mol. The number of aromatic nitrogens is 4. The minimum atomic E-state index is -0.173. The number of hydrogen-bond acceptors (Lipinski definition) is 5. The second-order valence-corrected chi connectivity index (χ2v) is 4.36. The van der Waals surface area contributed by atoms with Crippen molar-refractivity contribution in [1.29, 1.82) is 0 Å². The number of nitrogens with one attached hydrogen (secondary N) is 3. The highest BCUT2D eigenvalue weighted by Crippen LogP contribution is 2.15. The molecule has 0 unspecified atom stereocenters. The number of tetrazole rings is 1. The highest BCUT2D eigenvalue weighted by atomic mass is 16.1. The van der Waals surface area contributed by atoms with Gasteiger partial charge in [-0.2, -0.15) is 5.21 Å². The van der Waals surface area contributed by atoms with E-state index in [1.807, 2.05) is 32.0 Å². The van der Waals surface area contributed by atoms with Gasteiger partial charge in [0.05, 0.1) is 12.1 Å². The second kappa shape index (κ2) is 5.94. The number of H-pyrrole nitrogens is 1. The van der Waals surface area contributed by atoms with Crippen LogP contribution in [0.4, 0.5) is 5.69 Å². The highest BCUT2D eigenvalue weighted by Gasteiger charge is 2.11. The second-order valence-electron chi connectivity index (χ2n) is 4.36. The predicted octanol–water partition coefficient (Wildman–Crippen LogP) is 0.950. The average Bonchev–Trinajstić information content (AvgIpc) is 2.89. The molecule has 1 heterocycles. The maximum Gasteiger partial charge on any atom is 0.253 e. The summed E-state index contributed by atoms with van der Waals surface area (Å²) in [6, 6.07) is 7.63. The summed E-state index contributed by atoms with van der Waals surface area (Å²) < 4.78 is 0. The van der Waals surface area contributed by atoms with Crippen LogP contribution in [0.2, 0.25) is 0 Å². The van der Waals surface area contributed by atoms with Crippen LogP contribution < -0.4 is 10.6 Å². The summed E-state index contributed by atoms with van der Waals surface area (Å²) >= 11 is 0. The first-order chi connectivity index (χ1) is 9.16. The summed E-state index contributed by atoms with van der Waals surface area (Å²) in [6.07, 6.45) is 0. The Morgan fingerprint density at radius 1 is 1.37 bits per heavy atom. The topological polar surface area (TPSA) is 95.6 Å². The maximum atomic E-state index is 12.1. The number of hydrogen-bond donors (Lipinski definition) is 3. The van der Waals surface area contributed by atoms with Gasteiger partial charge in [0.1, 0.15) is 0 Å². The molecule has 0 bridgehead atoms. The van der Waals surface area contributed by atoms with Crippen LogP contribution in [0.25, 0.3) is 0 Å². The lowest BCUT2D eigenvalue weighted by Gasteiger charge is -2.14. The van der Waals surface area contributed by atoms with E-state index >= 15 is 0 Å². The number of aromatic amines is 1. The molecule has 1 aromatic carbocycles. The van der Waals surface area contributed by atoms with Gasteiger partial charge >= 0.3 is 0 Å². The molecule has 19 heavy (non-hydrogen) atoms. The summed E-state index contributed by atoms with van der Waals surface area (Å²) in [4.78, 5) is 12.1. The lowest BCUT2D eigenvalue weighted by Crippen LogP contribution is -2.25. The Bertz CT molecular complexity index is 537. The first-order valence-electron chi connectivity index (χ1n) is 6.03. The van der Waals surface area contributed by atoms with Gasteiger partial charge in [-0.05, 0) is 26.0 Å². The number of carbonyl (C=O) groups is 1. The summed E-state index contributed by atoms with van der Waals surface area (Å²) in [5.41, 5.74) is 1.41. The lowest BCUT2D eigenvalue weighted by atomic mass is 10.1. The Kier molecular flexibility index (Phi) is 4.07. The zero-order valence-corrected chi connectivity index (χ0v) is 10.8. The Morgan fingerprint density at radius 2 is 2.16 bits per heavy atom. The quantitative estimate of drug-likeness (QED) is 0.744. The molecule has 7 nitrogen and oxygen atoms in total. The van der Waals surface area contributed by atoms with E-state index in [-0.39, 0.29) is 18.5 Å². The molecule has 0 atom stereocenters. The molecule has 0 fully saturated rings. The first kappa shape index (κ1) is 13.0. The van der Waals surface area contributed by atoms with Gasteiger partial charge in [0.25, 0.3) is 5.91 Å². The van der Waals surface area contributed by atoms with Gasteiger partial charge in [-0.15, -0.1) is 10.2 Å². The molecule has 2 rings (SSSR count). The van der Waals surface area contributed by atoms with Crippen molar-refractivity contribution in [2.24, 2.45) is 0 Å². The van der Waals surface area contributed by atoms with Crippen molar-refractivity contribution in [2.75, 3.05) is 5.32 Å². The fraction of sp³-hybridized carbons (Fsp3) is 0.333. The van der Waals surface area contributed by atoms with Crippen LogP contribution in [0.1, 0.15) is 30.0 Å². The third kappa shape index (κ3) is 3.51. The molecule has 0 spiro atoms. The van der Waals surface area contributed by atoms with Gasteiger partial charge < -0.3 is 10.6 Å². The van der Waals surface area contributed by atoms with E-state index in [2.05, 4.69) is 31.3 Å². The molecule has 3 N–H and O–H groups in total. The van der Waals surface area contributed by atoms with Crippen molar-refractivity contribution < 1.29 is 4.79 Å². The minimum absolute atomic E-state index is 0.173. The van der Waals surface area contributed by atoms with Crippen LogP contribution in [-0.2, 0) is 6.54 Å². The first-order valence-corrected chi connectivity index (χ1v) is 6.03. The highest BCUT2D eigenvalue weighted by molar-refractivity contribution is 5.99. The van der Waals surface area contributed by atoms with E-state index in [1.165, 1.54) is 0 Å². The smallest absolute Gasteiger partial charge is 0.253 e. The van der Waals surface area contributed by atoms with Crippen LogP contribution in [-0.4, -0.2) is 32.6 Å². The van der Waals surface area contributed by atoms with Gasteiger partial charge in [-0.25, -0.2) is 0 Å². The standard InChI is InChI=1S/C12H16N6O/c1-8(2)14-10-6-4-3-5-9(10)12(19)13-7-11-15-17-18-16-11/h3-6,8,14H,7H2,1-2H3,(H,13,19)(H,15,16,17,18). The Labute approximate surface area is 110 Å². The zero-order chi connectivity index (χ0) is 13.7. The van der Waals surface area contributed by atoms with Crippen LogP contribution in [0.5, 0.6) is 0 Å². The molecule has 2 aromatic rings. The van der Waals surface area contributed by atoms with Gasteiger partial charge in [-0.1, -0.05) is 17.3 Å². The van der Waals surface area contributed by atoms with Crippen LogP contribution in [0, 0.1) is 0 Å². The molecule has 1 aromatic heterocycles. The van der Waals surface area contributed by atoms with Crippen molar-refractivity contribution in [2.45, 2.75) is 26.4 Å². The maximum absolute atomic E-state index is 12.1.